The van der Waals surface area contributed by atoms with Gasteiger partial charge in [0.2, 0.25) is 5.91 Å². The van der Waals surface area contributed by atoms with E-state index in [4.69, 9.17) is 0 Å². The molecule has 0 spiro atoms. The minimum absolute atomic E-state index is 0.0602. The van der Waals surface area contributed by atoms with Gasteiger partial charge in [-0.3, -0.25) is 4.79 Å². The van der Waals surface area contributed by atoms with Crippen molar-refractivity contribution in [2.75, 3.05) is 18.1 Å². The molecule has 0 saturated heterocycles. The number of hydrogen-bond donors (Lipinski definition) is 2. The molecule has 1 rings (SSSR count). The van der Waals surface area contributed by atoms with E-state index < -0.39 is 0 Å². The maximum absolute atomic E-state index is 11.9. The fourth-order valence-electron chi connectivity index (χ4n) is 1.74. The van der Waals surface area contributed by atoms with Crippen LogP contribution in [0, 0.1) is 0 Å². The van der Waals surface area contributed by atoms with Gasteiger partial charge in [-0.05, 0) is 43.9 Å². The van der Waals surface area contributed by atoms with Gasteiger partial charge in [0, 0.05) is 17.1 Å². The Bertz CT molecular complexity index is 378. The molecule has 0 aliphatic rings. The predicted molar refractivity (Wildman–Crippen MR) is 83.8 cm³/mol. The van der Waals surface area contributed by atoms with Crippen LogP contribution in [0.4, 0.5) is 5.69 Å². The van der Waals surface area contributed by atoms with Gasteiger partial charge in [0.15, 0.2) is 0 Å². The van der Waals surface area contributed by atoms with E-state index in [0.29, 0.717) is 0 Å². The Morgan fingerprint density at radius 2 is 1.95 bits per heavy atom. The number of amides is 1. The summed E-state index contributed by atoms with van der Waals surface area (Å²) in [5.41, 5.74) is 0.981. The van der Waals surface area contributed by atoms with Crippen LogP contribution in [-0.4, -0.2) is 24.7 Å². The molecule has 2 N–H and O–H groups in total. The number of rotatable bonds is 8. The molecule has 19 heavy (non-hydrogen) atoms. The van der Waals surface area contributed by atoms with Gasteiger partial charge in [-0.25, -0.2) is 0 Å². The third kappa shape index (κ3) is 6.01. The molecule has 0 heterocycles. The number of carbonyl (C=O) groups excluding carboxylic acids is 1. The first-order chi connectivity index (χ1) is 9.17. The molecule has 0 aromatic heterocycles. The zero-order valence-electron chi connectivity index (χ0n) is 12.0. The summed E-state index contributed by atoms with van der Waals surface area (Å²) in [6.45, 7) is 4.81. The van der Waals surface area contributed by atoms with Crippen molar-refractivity contribution in [1.82, 2.24) is 5.32 Å². The van der Waals surface area contributed by atoms with Gasteiger partial charge in [0.25, 0.3) is 0 Å². The molecule has 1 unspecified atom stereocenters. The minimum atomic E-state index is -0.207. The minimum Gasteiger partial charge on any atom is -0.374 e. The highest BCUT2D eigenvalue weighted by molar-refractivity contribution is 7.98. The molecule has 4 heteroatoms. The average Bonchev–Trinajstić information content (AvgIpc) is 2.44. The maximum atomic E-state index is 11.9. The number of unbranched alkanes of at least 4 members (excludes halogenated alkanes) is 2. The highest BCUT2D eigenvalue weighted by atomic mass is 32.2. The monoisotopic (exact) mass is 280 g/mol. The van der Waals surface area contributed by atoms with Crippen LogP contribution < -0.4 is 10.6 Å². The van der Waals surface area contributed by atoms with Gasteiger partial charge in [0.05, 0.1) is 0 Å². The molecule has 0 saturated carbocycles. The smallest absolute Gasteiger partial charge is 0.242 e. The largest absolute Gasteiger partial charge is 0.374 e. The Morgan fingerprint density at radius 1 is 1.26 bits per heavy atom. The van der Waals surface area contributed by atoms with E-state index in [9.17, 15) is 4.79 Å². The van der Waals surface area contributed by atoms with E-state index in [0.717, 1.165) is 25.1 Å². The van der Waals surface area contributed by atoms with Crippen LogP contribution in [-0.2, 0) is 4.79 Å². The van der Waals surface area contributed by atoms with Crippen molar-refractivity contribution in [1.29, 1.82) is 0 Å². The van der Waals surface area contributed by atoms with Crippen LogP contribution in [0.25, 0.3) is 0 Å². The third-order valence-corrected chi connectivity index (χ3v) is 3.69. The first kappa shape index (κ1) is 15.9. The first-order valence-electron chi connectivity index (χ1n) is 6.85. The number of carbonyl (C=O) groups is 1. The van der Waals surface area contributed by atoms with Crippen molar-refractivity contribution < 1.29 is 4.79 Å². The zero-order chi connectivity index (χ0) is 14.1. The van der Waals surface area contributed by atoms with E-state index in [2.05, 4.69) is 35.9 Å². The molecule has 1 amide bonds. The van der Waals surface area contributed by atoms with Crippen molar-refractivity contribution in [2.24, 2.45) is 0 Å². The van der Waals surface area contributed by atoms with E-state index in [-0.39, 0.29) is 11.9 Å². The van der Waals surface area contributed by atoms with Crippen LogP contribution in [0.3, 0.4) is 0 Å². The lowest BCUT2D eigenvalue weighted by molar-refractivity contribution is -0.121. The van der Waals surface area contributed by atoms with Crippen LogP contribution >= 0.6 is 11.8 Å². The number of benzene rings is 1. The normalized spacial score (nSPS) is 11.9. The first-order valence-corrected chi connectivity index (χ1v) is 8.08. The van der Waals surface area contributed by atoms with Crippen LogP contribution in [0.15, 0.2) is 29.2 Å². The summed E-state index contributed by atoms with van der Waals surface area (Å²) in [4.78, 5) is 13.1. The molecule has 0 bridgehead atoms. The van der Waals surface area contributed by atoms with Gasteiger partial charge < -0.3 is 10.6 Å². The lowest BCUT2D eigenvalue weighted by Gasteiger charge is -2.15. The van der Waals surface area contributed by atoms with Crippen molar-refractivity contribution in [3.8, 4) is 0 Å². The molecule has 3 nitrogen and oxygen atoms in total. The van der Waals surface area contributed by atoms with E-state index in [1.165, 1.54) is 11.3 Å². The number of nitrogens with one attached hydrogen (secondary N) is 2. The van der Waals surface area contributed by atoms with Gasteiger partial charge >= 0.3 is 0 Å². The summed E-state index contributed by atoms with van der Waals surface area (Å²) in [6, 6.07) is 7.92. The summed E-state index contributed by atoms with van der Waals surface area (Å²) in [5, 5.41) is 6.17. The Balaban J connectivity index is 2.35. The van der Waals surface area contributed by atoms with E-state index >= 15 is 0 Å². The van der Waals surface area contributed by atoms with Crippen molar-refractivity contribution >= 4 is 23.4 Å². The molecular weight excluding hydrogens is 256 g/mol. The zero-order valence-corrected chi connectivity index (χ0v) is 12.8. The fourth-order valence-corrected chi connectivity index (χ4v) is 2.15. The highest BCUT2D eigenvalue weighted by Crippen LogP contribution is 2.17. The second-order valence-electron chi connectivity index (χ2n) is 4.59. The summed E-state index contributed by atoms with van der Waals surface area (Å²) in [5.74, 6) is 0.0602. The summed E-state index contributed by atoms with van der Waals surface area (Å²) >= 11 is 1.71. The molecule has 1 aromatic rings. The molecule has 0 aliphatic carbocycles. The summed E-state index contributed by atoms with van der Waals surface area (Å²) < 4.78 is 0. The van der Waals surface area contributed by atoms with Crippen LogP contribution in [0.5, 0.6) is 0 Å². The second-order valence-corrected chi connectivity index (χ2v) is 5.47. The predicted octanol–water partition coefficient (Wildman–Crippen LogP) is 3.52. The molecule has 1 aromatic carbocycles. The maximum Gasteiger partial charge on any atom is 0.242 e. The van der Waals surface area contributed by atoms with Gasteiger partial charge in [-0.1, -0.05) is 19.8 Å². The van der Waals surface area contributed by atoms with Crippen LogP contribution in [0.2, 0.25) is 0 Å². The highest BCUT2D eigenvalue weighted by Gasteiger charge is 2.11. The van der Waals surface area contributed by atoms with Crippen molar-refractivity contribution in [2.45, 2.75) is 44.0 Å². The molecule has 0 fully saturated rings. The number of hydrogen-bond acceptors (Lipinski definition) is 3. The summed E-state index contributed by atoms with van der Waals surface area (Å²) in [7, 11) is 0. The lowest BCUT2D eigenvalue weighted by Crippen LogP contribution is -2.38. The van der Waals surface area contributed by atoms with E-state index in [1.807, 2.05) is 19.1 Å². The third-order valence-electron chi connectivity index (χ3n) is 2.95. The average molecular weight is 280 g/mol. The van der Waals surface area contributed by atoms with Crippen molar-refractivity contribution in [3.05, 3.63) is 24.3 Å². The SMILES string of the molecule is CCCCCNC(=O)C(C)Nc1ccc(SC)cc1. The van der Waals surface area contributed by atoms with Gasteiger partial charge in [0.1, 0.15) is 6.04 Å². The number of anilines is 1. The molecule has 0 aliphatic heterocycles. The van der Waals surface area contributed by atoms with E-state index in [1.54, 1.807) is 11.8 Å². The Kier molecular flexibility index (Phi) is 7.41. The quantitative estimate of drug-likeness (QED) is 0.565. The number of thioether (sulfide) groups is 1. The molecule has 0 radical (unpaired) electrons. The molecule has 106 valence electrons. The van der Waals surface area contributed by atoms with Crippen LogP contribution in [0.1, 0.15) is 33.1 Å². The Morgan fingerprint density at radius 3 is 2.53 bits per heavy atom. The fraction of sp³-hybridized carbons (Fsp3) is 0.533. The Labute approximate surface area is 120 Å². The molecular formula is C15H24N2OS. The van der Waals surface area contributed by atoms with Gasteiger partial charge in [-0.15, -0.1) is 11.8 Å². The Hall–Kier alpha value is -1.16. The van der Waals surface area contributed by atoms with Gasteiger partial charge in [-0.2, -0.15) is 0 Å². The lowest BCUT2D eigenvalue weighted by atomic mass is 10.2. The topological polar surface area (TPSA) is 41.1 Å². The molecule has 1 atom stereocenters. The second kappa shape index (κ2) is 8.86. The standard InChI is InChI=1S/C15H24N2OS/c1-4-5-6-11-16-15(18)12(2)17-13-7-9-14(19-3)10-8-13/h7-10,12,17H,4-6,11H2,1-3H3,(H,16,18). The van der Waals surface area contributed by atoms with Crippen molar-refractivity contribution in [3.63, 3.8) is 0 Å². The summed E-state index contributed by atoms with van der Waals surface area (Å²) in [6.07, 6.45) is 5.44.